The first kappa shape index (κ1) is 23.6. The fourth-order valence-corrected chi connectivity index (χ4v) is 3.74. The Morgan fingerprint density at radius 1 is 0.829 bits per heavy atom. The van der Waals surface area contributed by atoms with E-state index in [4.69, 9.17) is 0 Å². The van der Waals surface area contributed by atoms with E-state index in [9.17, 15) is 14.4 Å². The molecule has 1 heterocycles. The molecule has 0 atom stereocenters. The van der Waals surface area contributed by atoms with E-state index in [1.54, 1.807) is 42.9 Å². The molecular weight excluding hydrogens is 442 g/mol. The molecule has 4 aromatic rings. The summed E-state index contributed by atoms with van der Waals surface area (Å²) in [5.41, 5.74) is 3.93. The first-order chi connectivity index (χ1) is 16.8. The molecule has 1 aromatic heterocycles. The van der Waals surface area contributed by atoms with Crippen LogP contribution in [0.4, 0.5) is 17.1 Å². The number of aromatic nitrogens is 2. The quantitative estimate of drug-likeness (QED) is 0.380. The van der Waals surface area contributed by atoms with Crippen molar-refractivity contribution in [1.29, 1.82) is 0 Å². The lowest BCUT2D eigenvalue weighted by molar-refractivity contribution is -0.114. The maximum atomic E-state index is 13.0. The van der Waals surface area contributed by atoms with Crippen molar-refractivity contribution in [3.8, 4) is 5.69 Å². The molecule has 0 bridgehead atoms. The summed E-state index contributed by atoms with van der Waals surface area (Å²) in [5, 5.41) is 8.60. The second-order valence-electron chi connectivity index (χ2n) is 8.20. The molecule has 3 aromatic carbocycles. The fourth-order valence-electron chi connectivity index (χ4n) is 3.74. The summed E-state index contributed by atoms with van der Waals surface area (Å²) < 4.78 is 3.20. The summed E-state index contributed by atoms with van der Waals surface area (Å²) >= 11 is 0. The Bertz CT molecular complexity index is 1420. The summed E-state index contributed by atoms with van der Waals surface area (Å²) in [6, 6.07) is 23.7. The predicted molar refractivity (Wildman–Crippen MR) is 138 cm³/mol. The van der Waals surface area contributed by atoms with Crippen molar-refractivity contribution in [2.24, 2.45) is 7.05 Å². The van der Waals surface area contributed by atoms with Gasteiger partial charge in [0.2, 0.25) is 5.91 Å². The van der Waals surface area contributed by atoms with Crippen molar-refractivity contribution in [1.82, 2.24) is 9.36 Å². The first-order valence-corrected chi connectivity index (χ1v) is 11.2. The Hall–Kier alpha value is -4.59. The SMILES string of the molecule is Cc1ccc(NC(=O)c2ccccc2NCC(=O)Nc2c(C)n(C)n(-c3ccccc3)c2=O)cc1. The van der Waals surface area contributed by atoms with Crippen LogP contribution in [0.25, 0.3) is 5.69 Å². The van der Waals surface area contributed by atoms with Gasteiger partial charge in [0, 0.05) is 18.4 Å². The number of para-hydroxylation sites is 2. The Labute approximate surface area is 203 Å². The number of carbonyl (C=O) groups excluding carboxylic acids is 2. The second-order valence-corrected chi connectivity index (χ2v) is 8.20. The number of benzene rings is 3. The molecule has 0 aliphatic carbocycles. The van der Waals surface area contributed by atoms with Gasteiger partial charge in [-0.1, -0.05) is 48.0 Å². The van der Waals surface area contributed by atoms with Gasteiger partial charge >= 0.3 is 0 Å². The minimum absolute atomic E-state index is 0.117. The Morgan fingerprint density at radius 3 is 2.20 bits per heavy atom. The largest absolute Gasteiger partial charge is 0.376 e. The maximum Gasteiger partial charge on any atom is 0.295 e. The molecule has 3 N–H and O–H groups in total. The minimum atomic E-state index is -0.398. The summed E-state index contributed by atoms with van der Waals surface area (Å²) in [5.74, 6) is -0.688. The van der Waals surface area contributed by atoms with E-state index in [-0.39, 0.29) is 23.7 Å². The highest BCUT2D eigenvalue weighted by Gasteiger charge is 2.18. The molecule has 0 aliphatic heterocycles. The number of nitrogens with one attached hydrogen (secondary N) is 3. The summed E-state index contributed by atoms with van der Waals surface area (Å²) in [7, 11) is 1.76. The van der Waals surface area contributed by atoms with Crippen LogP contribution in [0.2, 0.25) is 0 Å². The highest BCUT2D eigenvalue weighted by Crippen LogP contribution is 2.18. The normalized spacial score (nSPS) is 10.6. The molecule has 0 unspecified atom stereocenters. The molecular formula is C27H27N5O3. The van der Waals surface area contributed by atoms with Crippen molar-refractivity contribution in [3.63, 3.8) is 0 Å². The van der Waals surface area contributed by atoms with E-state index >= 15 is 0 Å². The number of aryl methyl sites for hydroxylation is 1. The van der Waals surface area contributed by atoms with Gasteiger partial charge in [0.1, 0.15) is 5.69 Å². The number of rotatable bonds is 7. The third kappa shape index (κ3) is 5.16. The summed E-state index contributed by atoms with van der Waals surface area (Å²) in [4.78, 5) is 38.6. The van der Waals surface area contributed by atoms with Gasteiger partial charge in [-0.05, 0) is 50.2 Å². The molecule has 0 fully saturated rings. The maximum absolute atomic E-state index is 13.0. The van der Waals surface area contributed by atoms with Crippen molar-refractivity contribution in [2.75, 3.05) is 22.5 Å². The van der Waals surface area contributed by atoms with Gasteiger partial charge in [-0.3, -0.25) is 19.1 Å². The lowest BCUT2D eigenvalue weighted by Gasteiger charge is -2.12. The number of amides is 2. The molecule has 0 saturated heterocycles. The molecule has 4 rings (SSSR count). The lowest BCUT2D eigenvalue weighted by Crippen LogP contribution is -2.27. The van der Waals surface area contributed by atoms with Crippen LogP contribution in [0.1, 0.15) is 21.6 Å². The van der Waals surface area contributed by atoms with Crippen LogP contribution in [-0.2, 0) is 11.8 Å². The van der Waals surface area contributed by atoms with Crippen LogP contribution >= 0.6 is 0 Å². The average molecular weight is 470 g/mol. The van der Waals surface area contributed by atoms with E-state index in [1.807, 2.05) is 61.5 Å². The molecule has 178 valence electrons. The van der Waals surface area contributed by atoms with Crippen LogP contribution in [0, 0.1) is 13.8 Å². The number of nitrogens with zero attached hydrogens (tertiary/aromatic N) is 2. The van der Waals surface area contributed by atoms with E-state index in [2.05, 4.69) is 16.0 Å². The molecule has 2 amide bonds. The van der Waals surface area contributed by atoms with Gasteiger partial charge in [-0.15, -0.1) is 0 Å². The Kier molecular flexibility index (Phi) is 6.82. The van der Waals surface area contributed by atoms with Crippen LogP contribution < -0.4 is 21.5 Å². The standard InChI is InChI=1S/C27H27N5O3/c1-18-13-15-20(16-14-18)29-26(34)22-11-7-8-12-23(22)28-17-24(33)30-25-19(2)31(3)32(27(25)35)21-9-5-4-6-10-21/h4-16,28H,17H2,1-3H3,(H,29,34)(H,30,33). The van der Waals surface area contributed by atoms with Crippen LogP contribution in [0.15, 0.2) is 83.7 Å². The summed E-state index contributed by atoms with van der Waals surface area (Å²) in [6.07, 6.45) is 0. The molecule has 0 radical (unpaired) electrons. The summed E-state index contributed by atoms with van der Waals surface area (Å²) in [6.45, 7) is 3.63. The highest BCUT2D eigenvalue weighted by atomic mass is 16.2. The number of hydrogen-bond donors (Lipinski definition) is 3. The fraction of sp³-hybridized carbons (Fsp3) is 0.148. The van der Waals surface area contributed by atoms with Crippen molar-refractivity contribution >= 4 is 28.9 Å². The highest BCUT2D eigenvalue weighted by molar-refractivity contribution is 6.08. The first-order valence-electron chi connectivity index (χ1n) is 11.2. The van der Waals surface area contributed by atoms with Gasteiger partial charge in [0.25, 0.3) is 11.5 Å². The Morgan fingerprint density at radius 2 is 1.49 bits per heavy atom. The van der Waals surface area contributed by atoms with E-state index in [0.29, 0.717) is 28.3 Å². The molecule has 8 heteroatoms. The number of anilines is 3. The van der Waals surface area contributed by atoms with Crippen molar-refractivity contribution < 1.29 is 9.59 Å². The van der Waals surface area contributed by atoms with E-state index < -0.39 is 5.91 Å². The zero-order valence-electron chi connectivity index (χ0n) is 19.8. The third-order valence-corrected chi connectivity index (χ3v) is 5.74. The zero-order valence-corrected chi connectivity index (χ0v) is 19.8. The van der Waals surface area contributed by atoms with Crippen LogP contribution in [0.3, 0.4) is 0 Å². The van der Waals surface area contributed by atoms with Crippen molar-refractivity contribution in [2.45, 2.75) is 13.8 Å². The monoisotopic (exact) mass is 469 g/mol. The van der Waals surface area contributed by atoms with Crippen LogP contribution in [0.5, 0.6) is 0 Å². The third-order valence-electron chi connectivity index (χ3n) is 5.74. The van der Waals surface area contributed by atoms with E-state index in [1.165, 1.54) is 4.68 Å². The minimum Gasteiger partial charge on any atom is -0.376 e. The van der Waals surface area contributed by atoms with E-state index in [0.717, 1.165) is 5.56 Å². The smallest absolute Gasteiger partial charge is 0.295 e. The topological polar surface area (TPSA) is 97.2 Å². The van der Waals surface area contributed by atoms with Gasteiger partial charge in [0.15, 0.2) is 0 Å². The molecule has 0 saturated carbocycles. The second kappa shape index (κ2) is 10.1. The Balaban J connectivity index is 1.46. The predicted octanol–water partition coefficient (Wildman–Crippen LogP) is 4.10. The molecule has 0 spiro atoms. The zero-order chi connectivity index (χ0) is 24.9. The molecule has 0 aliphatic rings. The molecule has 35 heavy (non-hydrogen) atoms. The van der Waals surface area contributed by atoms with Gasteiger partial charge in [0.05, 0.1) is 23.5 Å². The number of carbonyl (C=O) groups is 2. The molecule has 8 nitrogen and oxygen atoms in total. The van der Waals surface area contributed by atoms with Gasteiger partial charge in [-0.25, -0.2) is 4.68 Å². The average Bonchev–Trinajstić information content (AvgIpc) is 3.07. The van der Waals surface area contributed by atoms with Crippen LogP contribution in [-0.4, -0.2) is 27.7 Å². The number of hydrogen-bond acceptors (Lipinski definition) is 4. The van der Waals surface area contributed by atoms with Crippen molar-refractivity contribution in [3.05, 3.63) is 106 Å². The lowest BCUT2D eigenvalue weighted by atomic mass is 10.1. The van der Waals surface area contributed by atoms with Gasteiger partial charge in [-0.2, -0.15) is 0 Å². The van der Waals surface area contributed by atoms with Gasteiger partial charge < -0.3 is 16.0 Å².